The standard InChI is InChI=1S/C10H12FN7S/c11-6-4-18(8-2-1-3-13-15-8)5-7(6)14-10-17-16-9(12)19-10/h1-3,6-7H,4-5H2,(H2,12,16)(H,14,17)/t6-,7-/m0/s1. The summed E-state index contributed by atoms with van der Waals surface area (Å²) < 4.78 is 14.0. The molecule has 3 heterocycles. The average Bonchev–Trinajstić information content (AvgIpc) is 2.98. The molecule has 0 bridgehead atoms. The van der Waals surface area contributed by atoms with Crippen molar-refractivity contribution in [3.05, 3.63) is 18.3 Å². The highest BCUT2D eigenvalue weighted by molar-refractivity contribution is 7.18. The third-order valence-corrected chi connectivity index (χ3v) is 3.56. The molecule has 3 N–H and O–H groups in total. The van der Waals surface area contributed by atoms with Crippen molar-refractivity contribution in [3.63, 3.8) is 0 Å². The van der Waals surface area contributed by atoms with Gasteiger partial charge in [0.2, 0.25) is 10.3 Å². The normalized spacial score (nSPS) is 22.7. The van der Waals surface area contributed by atoms with Gasteiger partial charge in [-0.2, -0.15) is 5.10 Å². The van der Waals surface area contributed by atoms with Crippen LogP contribution in [0.1, 0.15) is 0 Å². The molecule has 0 amide bonds. The molecule has 1 saturated heterocycles. The maximum Gasteiger partial charge on any atom is 0.207 e. The summed E-state index contributed by atoms with van der Waals surface area (Å²) in [5, 5.41) is 19.2. The average molecular weight is 281 g/mol. The SMILES string of the molecule is Nc1nnc(N[C@H]2CN(c3cccnn3)C[C@@H]2F)s1. The molecule has 2 aromatic rings. The summed E-state index contributed by atoms with van der Waals surface area (Å²) in [5.41, 5.74) is 5.49. The predicted octanol–water partition coefficient (Wildman–Crippen LogP) is 0.549. The Labute approximate surface area is 112 Å². The summed E-state index contributed by atoms with van der Waals surface area (Å²) in [4.78, 5) is 1.85. The number of nitrogens with zero attached hydrogens (tertiary/aromatic N) is 5. The van der Waals surface area contributed by atoms with E-state index in [0.717, 1.165) is 0 Å². The molecular weight excluding hydrogens is 269 g/mol. The first kappa shape index (κ1) is 12.0. The van der Waals surface area contributed by atoms with E-state index in [1.807, 2.05) is 11.0 Å². The Balaban J connectivity index is 1.68. The fourth-order valence-corrected chi connectivity index (χ4v) is 2.57. The zero-order valence-electron chi connectivity index (χ0n) is 9.90. The van der Waals surface area contributed by atoms with Gasteiger partial charge in [-0.05, 0) is 12.1 Å². The highest BCUT2D eigenvalue weighted by Crippen LogP contribution is 2.24. The van der Waals surface area contributed by atoms with Crippen LogP contribution in [0.5, 0.6) is 0 Å². The summed E-state index contributed by atoms with van der Waals surface area (Å²) in [6.45, 7) is 0.782. The molecule has 0 unspecified atom stereocenters. The monoisotopic (exact) mass is 281 g/mol. The number of hydrogen-bond acceptors (Lipinski definition) is 8. The van der Waals surface area contributed by atoms with Crippen LogP contribution in [0.2, 0.25) is 0 Å². The molecule has 0 aliphatic carbocycles. The van der Waals surface area contributed by atoms with E-state index in [-0.39, 0.29) is 12.6 Å². The first-order valence-electron chi connectivity index (χ1n) is 5.74. The Hall–Kier alpha value is -2.03. The molecule has 2 atom stereocenters. The van der Waals surface area contributed by atoms with Gasteiger partial charge in [0.15, 0.2) is 5.82 Å². The van der Waals surface area contributed by atoms with E-state index in [0.29, 0.717) is 22.6 Å². The van der Waals surface area contributed by atoms with Gasteiger partial charge in [-0.1, -0.05) is 11.3 Å². The van der Waals surface area contributed by atoms with Crippen LogP contribution in [0.25, 0.3) is 0 Å². The quantitative estimate of drug-likeness (QED) is 0.848. The Morgan fingerprint density at radius 2 is 2.26 bits per heavy atom. The van der Waals surface area contributed by atoms with Crippen molar-refractivity contribution in [1.82, 2.24) is 20.4 Å². The largest absolute Gasteiger partial charge is 0.374 e. The van der Waals surface area contributed by atoms with Crippen molar-refractivity contribution >= 4 is 27.4 Å². The van der Waals surface area contributed by atoms with Gasteiger partial charge in [-0.25, -0.2) is 4.39 Å². The lowest BCUT2D eigenvalue weighted by molar-refractivity contribution is 0.344. The summed E-state index contributed by atoms with van der Waals surface area (Å²) in [7, 11) is 0. The third-order valence-electron chi connectivity index (χ3n) is 2.88. The van der Waals surface area contributed by atoms with Crippen molar-refractivity contribution in [2.75, 3.05) is 29.0 Å². The molecule has 3 rings (SSSR count). The summed E-state index contributed by atoms with van der Waals surface area (Å²) in [5.74, 6) is 0.672. The topological polar surface area (TPSA) is 92.8 Å². The molecular formula is C10H12FN7S. The Morgan fingerprint density at radius 3 is 2.95 bits per heavy atom. The van der Waals surface area contributed by atoms with E-state index >= 15 is 0 Å². The molecule has 0 aromatic carbocycles. The van der Waals surface area contributed by atoms with Crippen LogP contribution < -0.4 is 16.0 Å². The molecule has 19 heavy (non-hydrogen) atoms. The first-order valence-corrected chi connectivity index (χ1v) is 6.56. The van der Waals surface area contributed by atoms with Crippen LogP contribution in [0, 0.1) is 0 Å². The fraction of sp³-hybridized carbons (Fsp3) is 0.400. The maximum atomic E-state index is 14.0. The minimum Gasteiger partial charge on any atom is -0.374 e. The van der Waals surface area contributed by atoms with E-state index in [2.05, 4.69) is 25.7 Å². The number of alkyl halides is 1. The van der Waals surface area contributed by atoms with E-state index in [1.165, 1.54) is 11.3 Å². The third kappa shape index (κ3) is 2.55. The smallest absolute Gasteiger partial charge is 0.207 e. The highest BCUT2D eigenvalue weighted by atomic mass is 32.1. The van der Waals surface area contributed by atoms with Gasteiger partial charge in [0.25, 0.3) is 0 Å². The number of halogens is 1. The molecule has 9 heteroatoms. The van der Waals surface area contributed by atoms with Crippen LogP contribution in [-0.4, -0.2) is 45.7 Å². The first-order chi connectivity index (χ1) is 9.22. The molecule has 100 valence electrons. The second-order valence-electron chi connectivity index (χ2n) is 4.20. The van der Waals surface area contributed by atoms with Gasteiger partial charge in [0, 0.05) is 12.7 Å². The van der Waals surface area contributed by atoms with Crippen molar-refractivity contribution in [1.29, 1.82) is 0 Å². The minimum atomic E-state index is -1.01. The van der Waals surface area contributed by atoms with Crippen LogP contribution >= 0.6 is 11.3 Å². The van der Waals surface area contributed by atoms with Gasteiger partial charge in [-0.15, -0.1) is 15.3 Å². The lowest BCUT2D eigenvalue weighted by Crippen LogP contribution is -2.29. The number of aromatic nitrogens is 4. The lowest BCUT2D eigenvalue weighted by Gasteiger charge is -2.15. The second-order valence-corrected chi connectivity index (χ2v) is 5.21. The van der Waals surface area contributed by atoms with Gasteiger partial charge in [-0.3, -0.25) is 0 Å². The summed E-state index contributed by atoms with van der Waals surface area (Å²) >= 11 is 1.20. The summed E-state index contributed by atoms with van der Waals surface area (Å²) in [6.07, 6.45) is 0.582. The van der Waals surface area contributed by atoms with Gasteiger partial charge in [0.05, 0.1) is 12.6 Å². The molecule has 1 fully saturated rings. The van der Waals surface area contributed by atoms with E-state index in [9.17, 15) is 4.39 Å². The van der Waals surface area contributed by atoms with E-state index in [4.69, 9.17) is 5.73 Å². The van der Waals surface area contributed by atoms with Crippen molar-refractivity contribution in [3.8, 4) is 0 Å². The Morgan fingerprint density at radius 1 is 1.37 bits per heavy atom. The molecule has 1 aliphatic rings. The molecule has 0 spiro atoms. The van der Waals surface area contributed by atoms with Crippen LogP contribution in [0.3, 0.4) is 0 Å². The molecule has 1 aliphatic heterocycles. The summed E-state index contributed by atoms with van der Waals surface area (Å²) in [6, 6.07) is 3.24. The Bertz CT molecular complexity index is 548. The molecule has 2 aromatic heterocycles. The van der Waals surface area contributed by atoms with Crippen LogP contribution in [-0.2, 0) is 0 Å². The van der Waals surface area contributed by atoms with Crippen molar-refractivity contribution < 1.29 is 4.39 Å². The van der Waals surface area contributed by atoms with E-state index in [1.54, 1.807) is 12.3 Å². The molecule has 7 nitrogen and oxygen atoms in total. The zero-order valence-corrected chi connectivity index (χ0v) is 10.7. The van der Waals surface area contributed by atoms with Gasteiger partial charge in [0.1, 0.15) is 6.17 Å². The molecule has 0 saturated carbocycles. The molecule has 0 radical (unpaired) electrons. The van der Waals surface area contributed by atoms with Gasteiger partial charge >= 0.3 is 0 Å². The fourth-order valence-electron chi connectivity index (χ4n) is 2.00. The van der Waals surface area contributed by atoms with E-state index < -0.39 is 6.17 Å². The number of nitrogens with one attached hydrogen (secondary N) is 1. The number of nitrogens with two attached hydrogens (primary N) is 1. The van der Waals surface area contributed by atoms with Gasteiger partial charge < -0.3 is 16.0 Å². The zero-order chi connectivity index (χ0) is 13.2. The number of rotatable bonds is 3. The van der Waals surface area contributed by atoms with Crippen LogP contribution in [0.15, 0.2) is 18.3 Å². The number of anilines is 3. The minimum absolute atomic E-state index is 0.282. The Kier molecular flexibility index (Phi) is 3.11. The van der Waals surface area contributed by atoms with Crippen molar-refractivity contribution in [2.24, 2.45) is 0 Å². The highest BCUT2D eigenvalue weighted by Gasteiger charge is 2.34. The number of nitrogen functional groups attached to an aromatic ring is 1. The maximum absolute atomic E-state index is 14.0. The van der Waals surface area contributed by atoms with Crippen molar-refractivity contribution in [2.45, 2.75) is 12.2 Å². The lowest BCUT2D eigenvalue weighted by atomic mass is 10.2. The second kappa shape index (κ2) is 4.92. The van der Waals surface area contributed by atoms with Crippen LogP contribution in [0.4, 0.5) is 20.5 Å². The number of hydrogen-bond donors (Lipinski definition) is 2. The predicted molar refractivity (Wildman–Crippen MR) is 70.9 cm³/mol.